The maximum atomic E-state index is 12.1. The Morgan fingerprint density at radius 3 is 3.00 bits per heavy atom. The number of benzene rings is 1. The lowest BCUT2D eigenvalue weighted by molar-refractivity contribution is -0.123. The van der Waals surface area contributed by atoms with Crippen LogP contribution in [0.1, 0.15) is 24.0 Å². The van der Waals surface area contributed by atoms with Gasteiger partial charge in [-0.05, 0) is 30.4 Å². The summed E-state index contributed by atoms with van der Waals surface area (Å²) in [5.41, 5.74) is 2.81. The van der Waals surface area contributed by atoms with Crippen molar-refractivity contribution in [3.63, 3.8) is 0 Å². The molecule has 0 saturated carbocycles. The summed E-state index contributed by atoms with van der Waals surface area (Å²) >= 11 is 0. The molecule has 2 N–H and O–H groups in total. The van der Waals surface area contributed by atoms with Crippen LogP contribution >= 0.6 is 0 Å². The van der Waals surface area contributed by atoms with E-state index in [2.05, 4.69) is 34.9 Å². The second kappa shape index (κ2) is 6.37. The molecule has 1 aromatic rings. The van der Waals surface area contributed by atoms with Gasteiger partial charge >= 0.3 is 0 Å². The number of nitrogens with one attached hydrogen (secondary N) is 2. The molecule has 4 nitrogen and oxygen atoms in total. The SMILES string of the molecule is O=C(CC1COCCN1)NC1CCc2ccccc2C1. The van der Waals surface area contributed by atoms with Gasteiger partial charge in [-0.25, -0.2) is 0 Å². The lowest BCUT2D eigenvalue weighted by atomic mass is 9.88. The standard InChI is InChI=1S/C16H22N2O2/c19-16(10-15-11-20-8-7-17-15)18-14-6-5-12-3-1-2-4-13(12)9-14/h1-4,14-15,17H,5-11H2,(H,18,19). The van der Waals surface area contributed by atoms with Crippen LogP contribution in [0, 0.1) is 0 Å². The van der Waals surface area contributed by atoms with E-state index in [9.17, 15) is 4.79 Å². The van der Waals surface area contributed by atoms with Crippen LogP contribution in [0.5, 0.6) is 0 Å². The zero-order valence-electron chi connectivity index (χ0n) is 11.7. The van der Waals surface area contributed by atoms with E-state index in [1.807, 2.05) is 0 Å². The van der Waals surface area contributed by atoms with Gasteiger partial charge in [0.1, 0.15) is 0 Å². The summed E-state index contributed by atoms with van der Waals surface area (Å²) < 4.78 is 5.38. The number of rotatable bonds is 3. The molecule has 1 fully saturated rings. The summed E-state index contributed by atoms with van der Waals surface area (Å²) in [5, 5.41) is 6.49. The Bertz CT molecular complexity index is 469. The highest BCUT2D eigenvalue weighted by molar-refractivity contribution is 5.77. The summed E-state index contributed by atoms with van der Waals surface area (Å²) in [6.07, 6.45) is 3.57. The van der Waals surface area contributed by atoms with Crippen LogP contribution in [-0.4, -0.2) is 37.7 Å². The van der Waals surface area contributed by atoms with Gasteiger partial charge in [-0.2, -0.15) is 0 Å². The van der Waals surface area contributed by atoms with Gasteiger partial charge in [-0.1, -0.05) is 24.3 Å². The number of carbonyl (C=O) groups excluding carboxylic acids is 1. The molecule has 0 radical (unpaired) electrons. The maximum Gasteiger partial charge on any atom is 0.221 e. The average molecular weight is 274 g/mol. The van der Waals surface area contributed by atoms with Crippen LogP contribution in [0.4, 0.5) is 0 Å². The quantitative estimate of drug-likeness (QED) is 0.866. The van der Waals surface area contributed by atoms with Crippen molar-refractivity contribution in [1.82, 2.24) is 10.6 Å². The van der Waals surface area contributed by atoms with E-state index in [1.165, 1.54) is 11.1 Å². The lowest BCUT2D eigenvalue weighted by Crippen LogP contribution is -2.46. The van der Waals surface area contributed by atoms with Crippen LogP contribution < -0.4 is 10.6 Å². The normalized spacial score (nSPS) is 25.8. The Morgan fingerprint density at radius 1 is 1.35 bits per heavy atom. The average Bonchev–Trinajstić information content (AvgIpc) is 2.48. The Labute approximate surface area is 119 Å². The van der Waals surface area contributed by atoms with Gasteiger partial charge in [0.15, 0.2) is 0 Å². The molecule has 20 heavy (non-hydrogen) atoms. The van der Waals surface area contributed by atoms with Crippen molar-refractivity contribution < 1.29 is 9.53 Å². The number of morpholine rings is 1. The highest BCUT2D eigenvalue weighted by Gasteiger charge is 2.22. The third kappa shape index (κ3) is 3.38. The molecular weight excluding hydrogens is 252 g/mol. The number of ether oxygens (including phenoxy) is 1. The Kier molecular flexibility index (Phi) is 4.33. The molecule has 2 aliphatic rings. The Hall–Kier alpha value is -1.39. The van der Waals surface area contributed by atoms with Gasteiger partial charge in [0.05, 0.1) is 13.2 Å². The molecule has 1 aliphatic carbocycles. The molecule has 0 aromatic heterocycles. The molecule has 2 unspecified atom stereocenters. The molecule has 3 rings (SSSR count). The second-order valence-corrected chi connectivity index (χ2v) is 5.71. The first kappa shape index (κ1) is 13.6. The molecule has 4 heteroatoms. The zero-order valence-corrected chi connectivity index (χ0v) is 11.7. The summed E-state index contributed by atoms with van der Waals surface area (Å²) in [7, 11) is 0. The number of aryl methyl sites for hydroxylation is 1. The van der Waals surface area contributed by atoms with E-state index in [0.717, 1.165) is 32.4 Å². The largest absolute Gasteiger partial charge is 0.378 e. The molecular formula is C16H22N2O2. The van der Waals surface area contributed by atoms with Crippen molar-refractivity contribution >= 4 is 5.91 Å². The molecule has 0 bridgehead atoms. The third-order valence-corrected chi connectivity index (χ3v) is 4.14. The first-order valence-corrected chi connectivity index (χ1v) is 7.48. The monoisotopic (exact) mass is 274 g/mol. The summed E-state index contributed by atoms with van der Waals surface area (Å²) in [6.45, 7) is 2.23. The summed E-state index contributed by atoms with van der Waals surface area (Å²) in [6, 6.07) is 8.97. The van der Waals surface area contributed by atoms with Crippen molar-refractivity contribution in [2.24, 2.45) is 0 Å². The van der Waals surface area contributed by atoms with E-state index < -0.39 is 0 Å². The van der Waals surface area contributed by atoms with Crippen LogP contribution in [0.3, 0.4) is 0 Å². The number of carbonyl (C=O) groups is 1. The molecule has 0 spiro atoms. The number of hydrogen-bond acceptors (Lipinski definition) is 3. The number of amides is 1. The highest BCUT2D eigenvalue weighted by Crippen LogP contribution is 2.21. The minimum atomic E-state index is 0.136. The topological polar surface area (TPSA) is 50.4 Å². The minimum absolute atomic E-state index is 0.136. The number of hydrogen-bond donors (Lipinski definition) is 2. The molecule has 1 aliphatic heterocycles. The van der Waals surface area contributed by atoms with Crippen LogP contribution in [0.2, 0.25) is 0 Å². The fourth-order valence-corrected chi connectivity index (χ4v) is 3.08. The van der Waals surface area contributed by atoms with Gasteiger partial charge in [-0.3, -0.25) is 4.79 Å². The van der Waals surface area contributed by atoms with Crippen molar-refractivity contribution in [3.05, 3.63) is 35.4 Å². The highest BCUT2D eigenvalue weighted by atomic mass is 16.5. The van der Waals surface area contributed by atoms with E-state index in [1.54, 1.807) is 0 Å². The molecule has 1 amide bonds. The van der Waals surface area contributed by atoms with Gasteiger partial charge in [-0.15, -0.1) is 0 Å². The first-order valence-electron chi connectivity index (χ1n) is 7.48. The molecule has 1 saturated heterocycles. The van der Waals surface area contributed by atoms with Gasteiger partial charge in [0.2, 0.25) is 5.91 Å². The van der Waals surface area contributed by atoms with E-state index in [-0.39, 0.29) is 18.0 Å². The van der Waals surface area contributed by atoms with E-state index in [0.29, 0.717) is 13.0 Å². The second-order valence-electron chi connectivity index (χ2n) is 5.71. The Balaban J connectivity index is 1.50. The van der Waals surface area contributed by atoms with Crippen LogP contribution in [0.15, 0.2) is 24.3 Å². The molecule has 1 heterocycles. The predicted octanol–water partition coefficient (Wildman–Crippen LogP) is 1.04. The fourth-order valence-electron chi connectivity index (χ4n) is 3.08. The van der Waals surface area contributed by atoms with Gasteiger partial charge in [0.25, 0.3) is 0 Å². The molecule has 108 valence electrons. The Morgan fingerprint density at radius 2 is 2.20 bits per heavy atom. The van der Waals surface area contributed by atoms with Crippen LogP contribution in [-0.2, 0) is 22.4 Å². The molecule has 2 atom stereocenters. The van der Waals surface area contributed by atoms with Crippen molar-refractivity contribution in [1.29, 1.82) is 0 Å². The third-order valence-electron chi connectivity index (χ3n) is 4.14. The van der Waals surface area contributed by atoms with E-state index >= 15 is 0 Å². The fraction of sp³-hybridized carbons (Fsp3) is 0.562. The van der Waals surface area contributed by atoms with Crippen molar-refractivity contribution in [2.45, 2.75) is 37.8 Å². The van der Waals surface area contributed by atoms with Crippen LogP contribution in [0.25, 0.3) is 0 Å². The smallest absolute Gasteiger partial charge is 0.221 e. The van der Waals surface area contributed by atoms with Crippen molar-refractivity contribution in [3.8, 4) is 0 Å². The maximum absolute atomic E-state index is 12.1. The predicted molar refractivity (Wildman–Crippen MR) is 77.6 cm³/mol. The van der Waals surface area contributed by atoms with Crippen molar-refractivity contribution in [2.75, 3.05) is 19.8 Å². The zero-order chi connectivity index (χ0) is 13.8. The molecule has 1 aromatic carbocycles. The van der Waals surface area contributed by atoms with Gasteiger partial charge < -0.3 is 15.4 Å². The number of fused-ring (bicyclic) bond motifs is 1. The minimum Gasteiger partial charge on any atom is -0.378 e. The van der Waals surface area contributed by atoms with Gasteiger partial charge in [0, 0.05) is 25.0 Å². The lowest BCUT2D eigenvalue weighted by Gasteiger charge is -2.27. The first-order chi connectivity index (χ1) is 9.81. The van der Waals surface area contributed by atoms with E-state index in [4.69, 9.17) is 4.74 Å². The summed E-state index contributed by atoms with van der Waals surface area (Å²) in [4.78, 5) is 12.1. The summed E-state index contributed by atoms with van der Waals surface area (Å²) in [5.74, 6) is 0.136.